The van der Waals surface area contributed by atoms with E-state index in [0.29, 0.717) is 49.4 Å². The molecular formula is C33H51N9O3. The first-order valence-electron chi connectivity index (χ1n) is 16.4. The molecule has 0 bridgehead atoms. The van der Waals surface area contributed by atoms with Crippen LogP contribution in [0.2, 0.25) is 0 Å². The zero-order chi connectivity index (χ0) is 32.3. The predicted molar refractivity (Wildman–Crippen MR) is 179 cm³/mol. The highest BCUT2D eigenvalue weighted by Gasteiger charge is 2.33. The van der Waals surface area contributed by atoms with Crippen molar-refractivity contribution in [3.8, 4) is 0 Å². The number of carbonyl (C=O) groups is 2. The Bertz CT molecular complexity index is 1330. The number of benzene rings is 1. The Balaban J connectivity index is 1.27. The molecule has 0 aliphatic carbocycles. The van der Waals surface area contributed by atoms with Crippen LogP contribution in [0.4, 0.5) is 27.8 Å². The van der Waals surface area contributed by atoms with Crippen LogP contribution in [0.25, 0.3) is 0 Å². The topological polar surface area (TPSA) is 123 Å². The molecule has 3 aliphatic heterocycles. The van der Waals surface area contributed by atoms with Crippen LogP contribution in [0.3, 0.4) is 0 Å². The van der Waals surface area contributed by atoms with Crippen molar-refractivity contribution < 1.29 is 14.3 Å². The minimum atomic E-state index is -0.631. The molecular weight excluding hydrogens is 570 g/mol. The second-order valence-corrected chi connectivity index (χ2v) is 13.6. The number of amides is 2. The predicted octanol–water partition coefficient (Wildman–Crippen LogP) is 3.54. The molecule has 0 spiro atoms. The Morgan fingerprint density at radius 3 is 2.22 bits per heavy atom. The van der Waals surface area contributed by atoms with Crippen molar-refractivity contribution in [3.05, 3.63) is 35.7 Å². The highest BCUT2D eigenvalue weighted by atomic mass is 16.6. The number of likely N-dealkylation sites (N-methyl/N-ethyl adjacent to an activating group) is 1. The van der Waals surface area contributed by atoms with Gasteiger partial charge in [0.15, 0.2) is 17.3 Å². The van der Waals surface area contributed by atoms with E-state index in [9.17, 15) is 9.59 Å². The maximum atomic E-state index is 12.7. The highest BCUT2D eigenvalue weighted by Crippen LogP contribution is 2.30. The monoisotopic (exact) mass is 621 g/mol. The van der Waals surface area contributed by atoms with Gasteiger partial charge >= 0.3 is 6.09 Å². The summed E-state index contributed by atoms with van der Waals surface area (Å²) in [4.78, 5) is 46.2. The number of hydrogen-bond acceptors (Lipinski definition) is 10. The van der Waals surface area contributed by atoms with Crippen molar-refractivity contribution in [3.63, 3.8) is 0 Å². The first-order valence-corrected chi connectivity index (χ1v) is 16.4. The molecule has 45 heavy (non-hydrogen) atoms. The van der Waals surface area contributed by atoms with Crippen molar-refractivity contribution in [1.82, 2.24) is 24.7 Å². The summed E-state index contributed by atoms with van der Waals surface area (Å²) in [7, 11) is 2.20. The van der Waals surface area contributed by atoms with Crippen LogP contribution in [0.15, 0.2) is 24.3 Å². The lowest BCUT2D eigenvalue weighted by molar-refractivity contribution is 0.0218. The standard InChI is InChI=1S/C33H51N9O3/c1-7-27-31(42-21-20-41(22-23(42)2)32(44)45-33(3,4)5)37-30(28(36-27)29(34)43)35-24-8-10-25(11-9-24)39-14-12-26(13-15-39)40-18-16-38(6)17-19-40/h8-11,23,26H,7,12-22H2,1-6H3,(H2,34,43)(H,35,37)/t23-/m1/s1. The number of piperidine rings is 1. The average molecular weight is 622 g/mol. The van der Waals surface area contributed by atoms with Crippen molar-refractivity contribution in [1.29, 1.82) is 0 Å². The summed E-state index contributed by atoms with van der Waals surface area (Å²) in [6.07, 6.45) is 2.63. The normalized spacial score (nSPS) is 20.8. The Morgan fingerprint density at radius 2 is 1.64 bits per heavy atom. The molecule has 4 heterocycles. The third-order valence-electron chi connectivity index (χ3n) is 9.08. The lowest BCUT2D eigenvalue weighted by atomic mass is 10.0. The third-order valence-corrected chi connectivity index (χ3v) is 9.08. The number of nitrogens with two attached hydrogens (primary N) is 1. The fourth-order valence-electron chi connectivity index (χ4n) is 6.52. The number of piperazine rings is 2. The molecule has 3 saturated heterocycles. The van der Waals surface area contributed by atoms with Crippen LogP contribution in [-0.2, 0) is 11.2 Å². The Hall–Kier alpha value is -3.64. The molecule has 3 aliphatic rings. The van der Waals surface area contributed by atoms with E-state index in [4.69, 9.17) is 15.5 Å². The van der Waals surface area contributed by atoms with Gasteiger partial charge in [0.25, 0.3) is 5.91 Å². The number of ether oxygens (including phenoxy) is 1. The van der Waals surface area contributed by atoms with Crippen LogP contribution >= 0.6 is 0 Å². The van der Waals surface area contributed by atoms with E-state index in [-0.39, 0.29) is 17.8 Å². The molecule has 12 heteroatoms. The summed E-state index contributed by atoms with van der Waals surface area (Å²) < 4.78 is 5.59. The third kappa shape index (κ3) is 7.96. The smallest absolute Gasteiger partial charge is 0.410 e. The minimum absolute atomic E-state index is 0.0298. The van der Waals surface area contributed by atoms with Gasteiger partial charge in [-0.3, -0.25) is 9.69 Å². The summed E-state index contributed by atoms with van der Waals surface area (Å²) >= 11 is 0. The lowest BCUT2D eigenvalue weighted by Crippen LogP contribution is -2.55. The molecule has 0 unspecified atom stereocenters. The highest BCUT2D eigenvalue weighted by molar-refractivity contribution is 5.96. The maximum Gasteiger partial charge on any atom is 0.410 e. The van der Waals surface area contributed by atoms with E-state index in [2.05, 4.69) is 56.0 Å². The summed E-state index contributed by atoms with van der Waals surface area (Å²) in [5, 5.41) is 3.32. The number of carbonyl (C=O) groups excluding carboxylic acids is 2. The van der Waals surface area contributed by atoms with Gasteiger partial charge in [0.2, 0.25) is 0 Å². The quantitative estimate of drug-likeness (QED) is 0.475. The van der Waals surface area contributed by atoms with Gasteiger partial charge in [0.1, 0.15) is 5.60 Å². The van der Waals surface area contributed by atoms with Crippen molar-refractivity contribution in [2.24, 2.45) is 5.73 Å². The van der Waals surface area contributed by atoms with Gasteiger partial charge in [-0.25, -0.2) is 14.8 Å². The van der Waals surface area contributed by atoms with E-state index in [0.717, 1.165) is 31.9 Å². The van der Waals surface area contributed by atoms with E-state index < -0.39 is 11.5 Å². The van der Waals surface area contributed by atoms with Gasteiger partial charge in [-0.05, 0) is 78.3 Å². The molecule has 2 aromatic rings. The van der Waals surface area contributed by atoms with E-state index in [1.165, 1.54) is 31.6 Å². The summed E-state index contributed by atoms with van der Waals surface area (Å²) in [6, 6.07) is 8.92. The Morgan fingerprint density at radius 1 is 0.978 bits per heavy atom. The number of aryl methyl sites for hydroxylation is 1. The molecule has 1 aromatic heterocycles. The molecule has 12 nitrogen and oxygen atoms in total. The van der Waals surface area contributed by atoms with Crippen LogP contribution < -0.4 is 20.9 Å². The van der Waals surface area contributed by atoms with Crippen LogP contribution in [0.5, 0.6) is 0 Å². The molecule has 0 radical (unpaired) electrons. The Kier molecular flexibility index (Phi) is 10.0. The second kappa shape index (κ2) is 13.8. The maximum absolute atomic E-state index is 12.7. The molecule has 3 N–H and O–H groups in total. The van der Waals surface area contributed by atoms with Crippen molar-refractivity contribution in [2.45, 2.75) is 71.6 Å². The Labute approximate surface area is 267 Å². The number of anilines is 4. The summed E-state index contributed by atoms with van der Waals surface area (Å²) in [5.41, 5.74) is 8.04. The molecule has 1 atom stereocenters. The molecule has 3 fully saturated rings. The molecule has 2 amide bonds. The summed E-state index contributed by atoms with van der Waals surface area (Å²) in [5.74, 6) is 0.396. The molecule has 246 valence electrons. The van der Waals surface area contributed by atoms with E-state index >= 15 is 0 Å². The lowest BCUT2D eigenvalue weighted by Gasteiger charge is -2.42. The summed E-state index contributed by atoms with van der Waals surface area (Å²) in [6.45, 7) is 17.9. The van der Waals surface area contributed by atoms with Gasteiger partial charge in [0, 0.05) is 82.4 Å². The second-order valence-electron chi connectivity index (χ2n) is 13.6. The molecule has 0 saturated carbocycles. The van der Waals surface area contributed by atoms with Crippen LogP contribution in [-0.4, -0.2) is 120 Å². The van der Waals surface area contributed by atoms with Crippen molar-refractivity contribution in [2.75, 3.05) is 81.1 Å². The molecule has 1 aromatic carbocycles. The van der Waals surface area contributed by atoms with Gasteiger partial charge in [-0.15, -0.1) is 0 Å². The van der Waals surface area contributed by atoms with Gasteiger partial charge in [-0.2, -0.15) is 0 Å². The SMILES string of the molecule is CCc1nc(C(N)=O)c(Nc2ccc(N3CCC(N4CCN(C)CC4)CC3)cc2)nc1N1CCN(C(=O)OC(C)(C)C)C[C@H]1C. The van der Waals surface area contributed by atoms with Crippen LogP contribution in [0, 0.1) is 0 Å². The minimum Gasteiger partial charge on any atom is -0.444 e. The number of nitrogens with zero attached hydrogens (tertiary/aromatic N) is 7. The molecule has 5 rings (SSSR count). The van der Waals surface area contributed by atoms with Crippen LogP contribution in [0.1, 0.15) is 63.6 Å². The number of hydrogen-bond donors (Lipinski definition) is 2. The van der Waals surface area contributed by atoms with Crippen molar-refractivity contribution >= 4 is 35.0 Å². The number of aromatic nitrogens is 2. The number of rotatable bonds is 7. The number of nitrogens with one attached hydrogen (secondary N) is 1. The van der Waals surface area contributed by atoms with Gasteiger partial charge < -0.3 is 35.4 Å². The van der Waals surface area contributed by atoms with Gasteiger partial charge in [0.05, 0.1) is 5.69 Å². The zero-order valence-corrected chi connectivity index (χ0v) is 27.9. The van der Waals surface area contributed by atoms with E-state index in [1.807, 2.05) is 39.8 Å². The number of primary amides is 1. The van der Waals surface area contributed by atoms with E-state index in [1.54, 1.807) is 4.90 Å². The first-order chi connectivity index (χ1) is 21.4. The fraction of sp³-hybridized carbons (Fsp3) is 0.636. The largest absolute Gasteiger partial charge is 0.444 e. The zero-order valence-electron chi connectivity index (χ0n) is 27.9. The van der Waals surface area contributed by atoms with Gasteiger partial charge in [-0.1, -0.05) is 6.92 Å². The first kappa shape index (κ1) is 32.7. The average Bonchev–Trinajstić information content (AvgIpc) is 3.01. The fourth-order valence-corrected chi connectivity index (χ4v) is 6.52.